The van der Waals surface area contributed by atoms with Crippen molar-refractivity contribution in [2.45, 2.75) is 39.3 Å². The number of ether oxygens (including phenoxy) is 2. The van der Waals surface area contributed by atoms with E-state index in [0.717, 1.165) is 10.4 Å². The minimum absolute atomic E-state index is 0.244. The van der Waals surface area contributed by atoms with E-state index in [2.05, 4.69) is 20.6 Å². The Morgan fingerprint density at radius 3 is 2.89 bits per heavy atom. The smallest absolute Gasteiger partial charge is 0.268 e. The predicted octanol–water partition coefficient (Wildman–Crippen LogP) is 5.09. The van der Waals surface area contributed by atoms with Gasteiger partial charge in [0.25, 0.3) is 11.8 Å². The number of aromatic nitrogens is 3. The number of halogens is 1. The molecule has 0 saturated heterocycles. The first-order chi connectivity index (χ1) is 17.7. The number of anilines is 2. The first-order valence-electron chi connectivity index (χ1n) is 11.9. The summed E-state index contributed by atoms with van der Waals surface area (Å²) < 4.78 is 26.9. The van der Waals surface area contributed by atoms with Gasteiger partial charge in [0.1, 0.15) is 5.75 Å². The fourth-order valence-electron chi connectivity index (χ4n) is 4.05. The van der Waals surface area contributed by atoms with Gasteiger partial charge in [0, 0.05) is 43.0 Å². The fourth-order valence-corrected chi connectivity index (χ4v) is 4.95. The first kappa shape index (κ1) is 24.8. The molecule has 11 heteroatoms. The third-order valence-corrected chi connectivity index (χ3v) is 7.08. The van der Waals surface area contributed by atoms with Gasteiger partial charge in [-0.3, -0.25) is 14.9 Å². The van der Waals surface area contributed by atoms with E-state index in [0.29, 0.717) is 59.5 Å². The minimum atomic E-state index is -1.01. The fraction of sp³-hybridized carbons (Fsp3) is 0.308. The lowest BCUT2D eigenvalue weighted by molar-refractivity contribution is -0.129. The van der Waals surface area contributed by atoms with Gasteiger partial charge >= 0.3 is 0 Å². The molecule has 9 nitrogen and oxygen atoms in total. The lowest BCUT2D eigenvalue weighted by Gasteiger charge is -2.31. The van der Waals surface area contributed by atoms with E-state index in [1.54, 1.807) is 38.1 Å². The zero-order valence-corrected chi connectivity index (χ0v) is 21.4. The Balaban J connectivity index is 1.46. The van der Waals surface area contributed by atoms with Crippen molar-refractivity contribution in [1.29, 1.82) is 0 Å². The zero-order valence-electron chi connectivity index (χ0n) is 20.6. The van der Waals surface area contributed by atoms with Crippen LogP contribution in [0.25, 0.3) is 21.5 Å². The van der Waals surface area contributed by atoms with E-state index in [9.17, 15) is 14.0 Å². The van der Waals surface area contributed by atoms with Gasteiger partial charge in [0.15, 0.2) is 5.60 Å². The minimum Gasteiger partial charge on any atom is -0.476 e. The molecule has 1 aromatic carbocycles. The van der Waals surface area contributed by atoms with Gasteiger partial charge in [0.2, 0.25) is 11.9 Å². The van der Waals surface area contributed by atoms with Crippen LogP contribution in [0.3, 0.4) is 0 Å². The number of aryl methyl sites for hydroxylation is 1. The van der Waals surface area contributed by atoms with E-state index in [-0.39, 0.29) is 11.8 Å². The zero-order chi connectivity index (χ0) is 26.2. The van der Waals surface area contributed by atoms with Gasteiger partial charge in [-0.15, -0.1) is 11.3 Å². The molecule has 4 aromatic rings. The van der Waals surface area contributed by atoms with Crippen molar-refractivity contribution in [3.63, 3.8) is 0 Å². The highest BCUT2D eigenvalue weighted by atomic mass is 32.1. The number of thiophene rings is 1. The Bertz CT molecular complexity index is 1500. The number of fused-ring (bicyclic) bond motifs is 2. The van der Waals surface area contributed by atoms with Crippen molar-refractivity contribution in [2.24, 2.45) is 0 Å². The summed E-state index contributed by atoms with van der Waals surface area (Å²) in [5, 5.41) is 5.79. The molecule has 0 unspecified atom stereocenters. The standard InChI is InChI=1S/C26H26FN5O4S/c1-4-35-11-5-10-32-18-14-19-17(29-24(34)26(2,3)36-19)13-16(18)30-25(32)31-23(33)21-7-6-20(37-21)15-8-9-28-22(27)12-15/h6-9,12-14H,4-5,10-11H2,1-3H3,(H,29,34)(H,30,31,33). The second kappa shape index (κ2) is 9.91. The number of hydrogen-bond acceptors (Lipinski definition) is 7. The number of pyridine rings is 1. The third kappa shape index (κ3) is 5.05. The summed E-state index contributed by atoms with van der Waals surface area (Å²) in [7, 11) is 0. The van der Waals surface area contributed by atoms with Crippen LogP contribution < -0.4 is 15.4 Å². The van der Waals surface area contributed by atoms with Crippen LogP contribution in [0.15, 0.2) is 42.6 Å². The number of benzene rings is 1. The number of hydrogen-bond donors (Lipinski definition) is 2. The molecular formula is C26H26FN5O4S. The Hall–Kier alpha value is -3.83. The number of amides is 2. The molecule has 0 saturated carbocycles. The highest BCUT2D eigenvalue weighted by Gasteiger charge is 2.36. The summed E-state index contributed by atoms with van der Waals surface area (Å²) in [6.45, 7) is 7.07. The molecule has 2 N–H and O–H groups in total. The number of carbonyl (C=O) groups is 2. The van der Waals surface area contributed by atoms with Gasteiger partial charge in [0.05, 0.1) is 21.6 Å². The number of carbonyl (C=O) groups excluding carboxylic acids is 2. The molecule has 0 aliphatic carbocycles. The second-order valence-electron chi connectivity index (χ2n) is 9.03. The molecule has 2 amide bonds. The summed E-state index contributed by atoms with van der Waals surface area (Å²) in [6.07, 6.45) is 2.10. The molecule has 3 aromatic heterocycles. The van der Waals surface area contributed by atoms with Crippen molar-refractivity contribution < 1.29 is 23.5 Å². The third-order valence-electron chi connectivity index (χ3n) is 5.95. The van der Waals surface area contributed by atoms with Gasteiger partial charge in [-0.2, -0.15) is 4.39 Å². The summed E-state index contributed by atoms with van der Waals surface area (Å²) in [6, 6.07) is 10.1. The summed E-state index contributed by atoms with van der Waals surface area (Å²) in [5.41, 5.74) is 1.54. The topological polar surface area (TPSA) is 107 Å². The molecule has 37 heavy (non-hydrogen) atoms. The van der Waals surface area contributed by atoms with Crippen LogP contribution in [0.4, 0.5) is 16.0 Å². The molecule has 0 radical (unpaired) electrons. The number of imidazole rings is 1. The average Bonchev–Trinajstić information content (AvgIpc) is 3.47. The van der Waals surface area contributed by atoms with E-state index in [4.69, 9.17) is 9.47 Å². The molecule has 1 aliphatic heterocycles. The maximum absolute atomic E-state index is 13.5. The monoisotopic (exact) mass is 523 g/mol. The van der Waals surface area contributed by atoms with Gasteiger partial charge in [-0.1, -0.05) is 0 Å². The van der Waals surface area contributed by atoms with Crippen molar-refractivity contribution >= 4 is 45.8 Å². The van der Waals surface area contributed by atoms with E-state index < -0.39 is 11.5 Å². The van der Waals surface area contributed by atoms with E-state index in [1.807, 2.05) is 17.6 Å². The van der Waals surface area contributed by atoms with E-state index >= 15 is 0 Å². The molecule has 5 rings (SSSR count). The summed E-state index contributed by atoms with van der Waals surface area (Å²) >= 11 is 1.25. The Labute approximate surface area is 216 Å². The normalized spacial score (nSPS) is 14.2. The Morgan fingerprint density at radius 2 is 2.11 bits per heavy atom. The molecule has 192 valence electrons. The van der Waals surface area contributed by atoms with Crippen LogP contribution in [0, 0.1) is 5.95 Å². The van der Waals surface area contributed by atoms with Crippen LogP contribution in [0.5, 0.6) is 5.75 Å². The Kier molecular flexibility index (Phi) is 6.65. The predicted molar refractivity (Wildman–Crippen MR) is 140 cm³/mol. The molecule has 0 atom stereocenters. The maximum atomic E-state index is 13.5. The lowest BCUT2D eigenvalue weighted by Crippen LogP contribution is -2.45. The highest BCUT2D eigenvalue weighted by molar-refractivity contribution is 7.17. The Morgan fingerprint density at radius 1 is 1.27 bits per heavy atom. The quantitative estimate of drug-likeness (QED) is 0.246. The summed E-state index contributed by atoms with van der Waals surface area (Å²) in [4.78, 5) is 35.0. The number of nitrogens with zero attached hydrogens (tertiary/aromatic N) is 3. The van der Waals surface area contributed by atoms with Crippen LogP contribution in [0.2, 0.25) is 0 Å². The molecule has 1 aliphatic rings. The largest absolute Gasteiger partial charge is 0.476 e. The van der Waals surface area contributed by atoms with E-state index in [1.165, 1.54) is 23.6 Å². The molecular weight excluding hydrogens is 497 g/mol. The second-order valence-corrected chi connectivity index (χ2v) is 10.1. The van der Waals surface area contributed by atoms with Crippen LogP contribution in [-0.4, -0.2) is 45.2 Å². The van der Waals surface area contributed by atoms with Gasteiger partial charge in [-0.05, 0) is 57.0 Å². The maximum Gasteiger partial charge on any atom is 0.268 e. The molecule has 0 spiro atoms. The van der Waals surface area contributed by atoms with Gasteiger partial charge < -0.3 is 19.4 Å². The lowest BCUT2D eigenvalue weighted by atomic mass is 10.1. The van der Waals surface area contributed by atoms with Crippen molar-refractivity contribution in [2.75, 3.05) is 23.8 Å². The van der Waals surface area contributed by atoms with Crippen LogP contribution in [-0.2, 0) is 16.1 Å². The van der Waals surface area contributed by atoms with Gasteiger partial charge in [-0.25, -0.2) is 9.97 Å². The SMILES string of the molecule is CCOCCCn1c(NC(=O)c2ccc(-c3ccnc(F)c3)s2)nc2cc3c(cc21)OC(C)(C)C(=O)N3. The molecule has 0 fully saturated rings. The van der Waals surface area contributed by atoms with Crippen molar-refractivity contribution in [3.8, 4) is 16.2 Å². The average molecular weight is 524 g/mol. The summed E-state index contributed by atoms with van der Waals surface area (Å²) in [5.74, 6) is -0.249. The van der Waals surface area contributed by atoms with Crippen LogP contribution in [0.1, 0.15) is 36.9 Å². The van der Waals surface area contributed by atoms with Crippen molar-refractivity contribution in [1.82, 2.24) is 14.5 Å². The van der Waals surface area contributed by atoms with Crippen LogP contribution >= 0.6 is 11.3 Å². The number of rotatable bonds is 8. The first-order valence-corrected chi connectivity index (χ1v) is 12.7. The number of nitrogens with one attached hydrogen (secondary N) is 2. The van der Waals surface area contributed by atoms with Crippen molar-refractivity contribution in [3.05, 3.63) is 53.4 Å². The highest BCUT2D eigenvalue weighted by Crippen LogP contribution is 2.38. The molecule has 4 heterocycles. The molecule has 0 bridgehead atoms.